The lowest BCUT2D eigenvalue weighted by Crippen LogP contribution is -2.52. The molecule has 1 atom stereocenters. The van der Waals surface area contributed by atoms with Gasteiger partial charge in [0.05, 0.1) is 6.54 Å². The van der Waals surface area contributed by atoms with Crippen LogP contribution in [0.15, 0.2) is 54.6 Å². The Kier molecular flexibility index (Phi) is 5.64. The minimum absolute atomic E-state index is 0.196. The van der Waals surface area contributed by atoms with Crippen molar-refractivity contribution in [1.29, 1.82) is 0 Å². The number of anilines is 1. The molecule has 146 valence electrons. The van der Waals surface area contributed by atoms with Gasteiger partial charge in [0.25, 0.3) is 0 Å². The van der Waals surface area contributed by atoms with Gasteiger partial charge >= 0.3 is 0 Å². The molecule has 7 nitrogen and oxygen atoms in total. The first-order valence-electron chi connectivity index (χ1n) is 9.71. The summed E-state index contributed by atoms with van der Waals surface area (Å²) in [5.41, 5.74) is 3.57. The molecule has 7 heteroatoms. The number of aliphatic hydroxyl groups excluding tert-OH is 1. The Balaban J connectivity index is 1.47. The zero-order valence-corrected chi connectivity index (χ0v) is 16.1. The predicted octanol–water partition coefficient (Wildman–Crippen LogP) is 1.89. The van der Waals surface area contributed by atoms with E-state index in [1.54, 1.807) is 0 Å². The van der Waals surface area contributed by atoms with Crippen LogP contribution in [0.5, 0.6) is 0 Å². The van der Waals surface area contributed by atoms with Gasteiger partial charge in [0.2, 0.25) is 5.95 Å². The average Bonchev–Trinajstić information content (AvgIpc) is 3.19. The second kappa shape index (κ2) is 8.50. The maximum Gasteiger partial charge on any atom is 0.245 e. The Morgan fingerprint density at radius 3 is 2.50 bits per heavy atom. The number of aromatic nitrogens is 4. The number of rotatable bonds is 6. The zero-order valence-electron chi connectivity index (χ0n) is 16.1. The van der Waals surface area contributed by atoms with Crippen molar-refractivity contribution < 1.29 is 5.11 Å². The van der Waals surface area contributed by atoms with Crippen LogP contribution < -0.4 is 4.90 Å². The highest BCUT2D eigenvalue weighted by Crippen LogP contribution is 2.21. The van der Waals surface area contributed by atoms with Gasteiger partial charge in [-0.3, -0.25) is 4.90 Å². The summed E-state index contributed by atoms with van der Waals surface area (Å²) >= 11 is 0. The first kappa shape index (κ1) is 18.6. The van der Waals surface area contributed by atoms with Crippen molar-refractivity contribution in [3.05, 3.63) is 60.2 Å². The number of piperazine rings is 1. The molecule has 0 unspecified atom stereocenters. The Morgan fingerprint density at radius 1 is 1.00 bits per heavy atom. The second-order valence-corrected chi connectivity index (χ2v) is 7.29. The van der Waals surface area contributed by atoms with Crippen molar-refractivity contribution >= 4 is 5.95 Å². The standard InChI is InChI=1S/C21H26N6O/c1-25-12-13-26(16-20(25)11-14-28)21-22-23-24-27(21)15-17-7-9-19(10-8-17)18-5-3-2-4-6-18/h2-10,20,28H,11-16H2,1H3/t20-/m1/s1. The molecule has 1 fully saturated rings. The molecule has 0 radical (unpaired) electrons. The zero-order chi connectivity index (χ0) is 19.3. The van der Waals surface area contributed by atoms with E-state index in [-0.39, 0.29) is 6.61 Å². The summed E-state index contributed by atoms with van der Waals surface area (Å²) < 4.78 is 1.86. The molecule has 1 aliphatic heterocycles. The van der Waals surface area contributed by atoms with Gasteiger partial charge in [-0.05, 0) is 40.6 Å². The highest BCUT2D eigenvalue weighted by atomic mass is 16.3. The smallest absolute Gasteiger partial charge is 0.245 e. The van der Waals surface area contributed by atoms with Crippen molar-refractivity contribution in [2.24, 2.45) is 0 Å². The first-order chi connectivity index (χ1) is 13.7. The fourth-order valence-corrected chi connectivity index (χ4v) is 3.72. The molecule has 3 aromatic rings. The van der Waals surface area contributed by atoms with Gasteiger partial charge in [0.15, 0.2) is 0 Å². The van der Waals surface area contributed by atoms with Crippen LogP contribution in [0.1, 0.15) is 12.0 Å². The molecule has 1 aliphatic rings. The average molecular weight is 378 g/mol. The molecule has 2 heterocycles. The third-order valence-electron chi connectivity index (χ3n) is 5.43. The van der Waals surface area contributed by atoms with Crippen LogP contribution in [-0.4, -0.2) is 69.5 Å². The molecule has 0 saturated carbocycles. The molecular weight excluding hydrogens is 352 g/mol. The highest BCUT2D eigenvalue weighted by molar-refractivity contribution is 5.63. The summed E-state index contributed by atoms with van der Waals surface area (Å²) in [4.78, 5) is 4.52. The van der Waals surface area contributed by atoms with Crippen LogP contribution in [0.3, 0.4) is 0 Å². The first-order valence-corrected chi connectivity index (χ1v) is 9.71. The van der Waals surface area contributed by atoms with Crippen LogP contribution in [-0.2, 0) is 6.54 Å². The summed E-state index contributed by atoms with van der Waals surface area (Å²) in [6.07, 6.45) is 0.759. The summed E-state index contributed by atoms with van der Waals surface area (Å²) in [7, 11) is 2.11. The molecule has 4 rings (SSSR count). The number of benzene rings is 2. The van der Waals surface area contributed by atoms with Gasteiger partial charge in [-0.1, -0.05) is 59.7 Å². The van der Waals surface area contributed by atoms with E-state index in [1.165, 1.54) is 11.1 Å². The largest absolute Gasteiger partial charge is 0.396 e. The highest BCUT2D eigenvalue weighted by Gasteiger charge is 2.27. The van der Waals surface area contributed by atoms with Gasteiger partial charge in [-0.2, -0.15) is 0 Å². The lowest BCUT2D eigenvalue weighted by Gasteiger charge is -2.39. The SMILES string of the molecule is CN1CCN(c2nnnn2Cc2ccc(-c3ccccc3)cc2)C[C@H]1CCO. The van der Waals surface area contributed by atoms with E-state index in [1.807, 2.05) is 10.7 Å². The number of aliphatic hydroxyl groups is 1. The molecule has 0 spiro atoms. The van der Waals surface area contributed by atoms with Crippen LogP contribution in [0.2, 0.25) is 0 Å². The van der Waals surface area contributed by atoms with E-state index in [2.05, 4.69) is 80.9 Å². The Labute approximate surface area is 165 Å². The van der Waals surface area contributed by atoms with E-state index < -0.39 is 0 Å². The van der Waals surface area contributed by atoms with Gasteiger partial charge < -0.3 is 10.0 Å². The monoisotopic (exact) mass is 378 g/mol. The minimum atomic E-state index is 0.196. The molecule has 1 saturated heterocycles. The quantitative estimate of drug-likeness (QED) is 0.706. The molecular formula is C21H26N6O. The minimum Gasteiger partial charge on any atom is -0.396 e. The van der Waals surface area contributed by atoms with Gasteiger partial charge in [0, 0.05) is 32.3 Å². The summed E-state index contributed by atoms with van der Waals surface area (Å²) in [5.74, 6) is 0.795. The van der Waals surface area contributed by atoms with Crippen LogP contribution in [0, 0.1) is 0 Å². The van der Waals surface area contributed by atoms with Gasteiger partial charge in [-0.15, -0.1) is 0 Å². The summed E-state index contributed by atoms with van der Waals surface area (Å²) in [6, 6.07) is 19.2. The number of nitrogens with zero attached hydrogens (tertiary/aromatic N) is 6. The molecule has 2 aromatic carbocycles. The Bertz CT molecular complexity index is 879. The number of tetrazole rings is 1. The van der Waals surface area contributed by atoms with E-state index in [0.29, 0.717) is 12.6 Å². The predicted molar refractivity (Wildman–Crippen MR) is 109 cm³/mol. The molecule has 0 amide bonds. The third kappa shape index (κ3) is 4.05. The van der Waals surface area contributed by atoms with Crippen molar-refractivity contribution in [3.8, 4) is 11.1 Å². The maximum absolute atomic E-state index is 9.32. The maximum atomic E-state index is 9.32. The fourth-order valence-electron chi connectivity index (χ4n) is 3.72. The van der Waals surface area contributed by atoms with E-state index in [0.717, 1.165) is 37.6 Å². The van der Waals surface area contributed by atoms with E-state index in [4.69, 9.17) is 0 Å². The van der Waals surface area contributed by atoms with Crippen molar-refractivity contribution in [1.82, 2.24) is 25.1 Å². The Morgan fingerprint density at radius 2 is 1.75 bits per heavy atom. The summed E-state index contributed by atoms with van der Waals surface area (Å²) in [6.45, 7) is 3.47. The molecule has 28 heavy (non-hydrogen) atoms. The lowest BCUT2D eigenvalue weighted by molar-refractivity contribution is 0.169. The van der Waals surface area contributed by atoms with Crippen LogP contribution in [0.4, 0.5) is 5.95 Å². The normalized spacial score (nSPS) is 17.8. The van der Waals surface area contributed by atoms with Gasteiger partial charge in [0.1, 0.15) is 0 Å². The summed E-state index contributed by atoms with van der Waals surface area (Å²) in [5, 5.41) is 21.7. The number of hydrogen-bond acceptors (Lipinski definition) is 6. The molecule has 1 aromatic heterocycles. The van der Waals surface area contributed by atoms with E-state index in [9.17, 15) is 5.11 Å². The topological polar surface area (TPSA) is 70.3 Å². The lowest BCUT2D eigenvalue weighted by atomic mass is 10.0. The van der Waals surface area contributed by atoms with Gasteiger partial charge in [-0.25, -0.2) is 4.68 Å². The van der Waals surface area contributed by atoms with Crippen molar-refractivity contribution in [3.63, 3.8) is 0 Å². The fraction of sp³-hybridized carbons (Fsp3) is 0.381. The third-order valence-corrected chi connectivity index (χ3v) is 5.43. The van der Waals surface area contributed by atoms with Crippen molar-refractivity contribution in [2.45, 2.75) is 19.0 Å². The second-order valence-electron chi connectivity index (χ2n) is 7.29. The molecule has 0 aliphatic carbocycles. The van der Waals surface area contributed by atoms with Crippen LogP contribution in [0.25, 0.3) is 11.1 Å². The Hall–Kier alpha value is -2.77. The van der Waals surface area contributed by atoms with Crippen molar-refractivity contribution in [2.75, 3.05) is 38.2 Å². The van der Waals surface area contributed by atoms with E-state index >= 15 is 0 Å². The molecule has 1 N–H and O–H groups in total. The van der Waals surface area contributed by atoms with Crippen LogP contribution >= 0.6 is 0 Å². The number of hydrogen-bond donors (Lipinski definition) is 1. The number of likely N-dealkylation sites (N-methyl/N-ethyl adjacent to an activating group) is 1. The molecule has 0 bridgehead atoms.